The Morgan fingerprint density at radius 3 is 2.42 bits per heavy atom. The number of carbonyl (C=O) groups is 2. The third-order valence-electron chi connectivity index (χ3n) is 4.74. The van der Waals surface area contributed by atoms with Crippen molar-refractivity contribution in [2.45, 2.75) is 44.6 Å². The number of pyridine rings is 1. The van der Waals surface area contributed by atoms with Gasteiger partial charge in [-0.25, -0.2) is 0 Å². The van der Waals surface area contributed by atoms with Crippen LogP contribution in [-0.4, -0.2) is 54.0 Å². The van der Waals surface area contributed by atoms with Crippen LogP contribution in [-0.2, 0) is 4.74 Å². The molecule has 0 bridgehead atoms. The summed E-state index contributed by atoms with van der Waals surface area (Å²) in [6, 6.07) is 1.88. The van der Waals surface area contributed by atoms with Crippen molar-refractivity contribution < 1.29 is 14.3 Å². The molecule has 1 saturated carbocycles. The van der Waals surface area contributed by atoms with Crippen molar-refractivity contribution in [3.8, 4) is 0 Å². The van der Waals surface area contributed by atoms with Crippen molar-refractivity contribution in [2.75, 3.05) is 26.3 Å². The molecule has 1 aliphatic carbocycles. The SMILES string of the molecule is O=C(NC1CCCCCC1)c1cncc(C(=O)N2CCOCC2)c1. The Bertz CT molecular complexity index is 577. The van der Waals surface area contributed by atoms with Crippen molar-refractivity contribution in [1.29, 1.82) is 0 Å². The van der Waals surface area contributed by atoms with Crippen LogP contribution in [0.1, 0.15) is 59.2 Å². The normalized spacial score (nSPS) is 19.6. The van der Waals surface area contributed by atoms with Crippen LogP contribution in [0.4, 0.5) is 0 Å². The van der Waals surface area contributed by atoms with E-state index in [-0.39, 0.29) is 17.9 Å². The van der Waals surface area contributed by atoms with E-state index in [9.17, 15) is 9.59 Å². The van der Waals surface area contributed by atoms with Crippen LogP contribution in [0.25, 0.3) is 0 Å². The van der Waals surface area contributed by atoms with Gasteiger partial charge < -0.3 is 15.0 Å². The first-order chi connectivity index (χ1) is 11.7. The van der Waals surface area contributed by atoms with E-state index >= 15 is 0 Å². The van der Waals surface area contributed by atoms with Gasteiger partial charge in [0.15, 0.2) is 0 Å². The summed E-state index contributed by atoms with van der Waals surface area (Å²) < 4.78 is 5.27. The number of hydrogen-bond donors (Lipinski definition) is 1. The highest BCUT2D eigenvalue weighted by molar-refractivity contribution is 5.99. The summed E-state index contributed by atoms with van der Waals surface area (Å²) in [5, 5.41) is 3.10. The van der Waals surface area contributed by atoms with E-state index in [1.165, 1.54) is 38.1 Å². The second-order valence-electron chi connectivity index (χ2n) is 6.53. The second kappa shape index (κ2) is 8.24. The predicted octanol–water partition coefficient (Wildman–Crippen LogP) is 2.01. The summed E-state index contributed by atoms with van der Waals surface area (Å²) in [6.45, 7) is 2.27. The van der Waals surface area contributed by atoms with E-state index in [2.05, 4.69) is 10.3 Å². The Kier molecular flexibility index (Phi) is 5.80. The number of carbonyl (C=O) groups excluding carboxylic acids is 2. The molecular formula is C18H25N3O3. The highest BCUT2D eigenvalue weighted by atomic mass is 16.5. The molecule has 24 heavy (non-hydrogen) atoms. The summed E-state index contributed by atoms with van der Waals surface area (Å²) in [5.74, 6) is -0.221. The summed E-state index contributed by atoms with van der Waals surface area (Å²) in [6.07, 6.45) is 9.95. The zero-order valence-corrected chi connectivity index (χ0v) is 14.0. The van der Waals surface area contributed by atoms with Gasteiger partial charge in [0.2, 0.25) is 0 Å². The maximum atomic E-state index is 12.5. The van der Waals surface area contributed by atoms with Crippen molar-refractivity contribution in [3.63, 3.8) is 0 Å². The number of ether oxygens (including phenoxy) is 1. The minimum atomic E-state index is -0.133. The lowest BCUT2D eigenvalue weighted by Gasteiger charge is -2.26. The molecule has 6 heteroatoms. The van der Waals surface area contributed by atoms with Crippen LogP contribution in [0.5, 0.6) is 0 Å². The Balaban J connectivity index is 1.65. The molecule has 1 N–H and O–H groups in total. The van der Waals surface area contributed by atoms with E-state index in [1.807, 2.05) is 0 Å². The first-order valence-electron chi connectivity index (χ1n) is 8.87. The van der Waals surface area contributed by atoms with Gasteiger partial charge in [-0.2, -0.15) is 0 Å². The Morgan fingerprint density at radius 1 is 1.04 bits per heavy atom. The molecule has 1 saturated heterocycles. The fourth-order valence-electron chi connectivity index (χ4n) is 3.32. The average molecular weight is 331 g/mol. The van der Waals surface area contributed by atoms with Crippen molar-refractivity contribution in [1.82, 2.24) is 15.2 Å². The highest BCUT2D eigenvalue weighted by Crippen LogP contribution is 2.18. The molecule has 3 rings (SSSR count). The topological polar surface area (TPSA) is 71.5 Å². The van der Waals surface area contributed by atoms with Crippen molar-refractivity contribution in [3.05, 3.63) is 29.6 Å². The highest BCUT2D eigenvalue weighted by Gasteiger charge is 2.21. The van der Waals surface area contributed by atoms with Gasteiger partial charge in [0.05, 0.1) is 24.3 Å². The van der Waals surface area contributed by atoms with Gasteiger partial charge in [-0.15, -0.1) is 0 Å². The van der Waals surface area contributed by atoms with Gasteiger partial charge in [0.1, 0.15) is 0 Å². The third kappa shape index (κ3) is 4.32. The first-order valence-corrected chi connectivity index (χ1v) is 8.87. The molecule has 2 heterocycles. The van der Waals surface area contributed by atoms with Gasteiger partial charge in [-0.1, -0.05) is 25.7 Å². The van der Waals surface area contributed by atoms with Gasteiger partial charge in [-0.05, 0) is 18.9 Å². The predicted molar refractivity (Wildman–Crippen MR) is 89.9 cm³/mol. The first kappa shape index (κ1) is 16.9. The molecule has 1 aromatic heterocycles. The van der Waals surface area contributed by atoms with Crippen LogP contribution < -0.4 is 5.32 Å². The van der Waals surface area contributed by atoms with Crippen LogP contribution in [0.2, 0.25) is 0 Å². The standard InChI is InChI=1S/C18H25N3O3/c22-17(20-16-5-3-1-2-4-6-16)14-11-15(13-19-12-14)18(23)21-7-9-24-10-8-21/h11-13,16H,1-10H2,(H,20,22). The maximum Gasteiger partial charge on any atom is 0.255 e. The molecule has 2 aliphatic rings. The molecule has 130 valence electrons. The summed E-state index contributed by atoms with van der Waals surface area (Å²) in [5.41, 5.74) is 0.920. The quantitative estimate of drug-likeness (QED) is 0.860. The minimum absolute atomic E-state index is 0.0880. The van der Waals surface area contributed by atoms with Crippen LogP contribution in [0.15, 0.2) is 18.5 Å². The number of morpholine rings is 1. The number of rotatable bonds is 3. The molecule has 0 radical (unpaired) electrons. The Hall–Kier alpha value is -1.95. The number of hydrogen-bond acceptors (Lipinski definition) is 4. The van der Waals surface area contributed by atoms with Crippen molar-refractivity contribution in [2.24, 2.45) is 0 Å². The average Bonchev–Trinajstić information content (AvgIpc) is 2.90. The summed E-state index contributed by atoms with van der Waals surface area (Å²) in [4.78, 5) is 30.8. The van der Waals surface area contributed by atoms with E-state index in [4.69, 9.17) is 4.74 Å². The fourth-order valence-corrected chi connectivity index (χ4v) is 3.32. The van der Waals surface area contributed by atoms with Crippen LogP contribution in [0.3, 0.4) is 0 Å². The Morgan fingerprint density at radius 2 is 1.71 bits per heavy atom. The summed E-state index contributed by atoms with van der Waals surface area (Å²) >= 11 is 0. The van der Waals surface area contributed by atoms with Crippen molar-refractivity contribution >= 4 is 11.8 Å². The zero-order valence-electron chi connectivity index (χ0n) is 14.0. The van der Waals surface area contributed by atoms with Crippen LogP contribution >= 0.6 is 0 Å². The largest absolute Gasteiger partial charge is 0.378 e. The molecule has 0 spiro atoms. The molecule has 1 aliphatic heterocycles. The molecule has 6 nitrogen and oxygen atoms in total. The fraction of sp³-hybridized carbons (Fsp3) is 0.611. The number of amides is 2. The second-order valence-corrected chi connectivity index (χ2v) is 6.53. The lowest BCUT2D eigenvalue weighted by Crippen LogP contribution is -2.41. The number of aromatic nitrogens is 1. The summed E-state index contributed by atoms with van der Waals surface area (Å²) in [7, 11) is 0. The molecule has 2 fully saturated rings. The Labute approximate surface area is 142 Å². The van der Waals surface area contributed by atoms with E-state index in [0.29, 0.717) is 37.4 Å². The molecule has 2 amide bonds. The number of nitrogens with one attached hydrogen (secondary N) is 1. The van der Waals surface area contributed by atoms with Gasteiger partial charge >= 0.3 is 0 Å². The van der Waals surface area contributed by atoms with Crippen LogP contribution in [0, 0.1) is 0 Å². The third-order valence-corrected chi connectivity index (χ3v) is 4.74. The monoisotopic (exact) mass is 331 g/mol. The van der Waals surface area contributed by atoms with Gasteiger partial charge in [0, 0.05) is 31.5 Å². The van der Waals surface area contributed by atoms with E-state index in [1.54, 1.807) is 11.0 Å². The zero-order chi connectivity index (χ0) is 16.8. The maximum absolute atomic E-state index is 12.5. The molecule has 0 atom stereocenters. The van der Waals surface area contributed by atoms with Gasteiger partial charge in [0.25, 0.3) is 11.8 Å². The van der Waals surface area contributed by atoms with E-state index < -0.39 is 0 Å². The molecule has 0 aromatic carbocycles. The molecule has 1 aromatic rings. The lowest BCUT2D eigenvalue weighted by molar-refractivity contribution is 0.0302. The molecular weight excluding hydrogens is 306 g/mol. The van der Waals surface area contributed by atoms with E-state index in [0.717, 1.165) is 12.8 Å². The number of nitrogens with zero attached hydrogens (tertiary/aromatic N) is 2. The minimum Gasteiger partial charge on any atom is -0.378 e. The molecule has 0 unspecified atom stereocenters. The van der Waals surface area contributed by atoms with Gasteiger partial charge in [-0.3, -0.25) is 14.6 Å². The smallest absolute Gasteiger partial charge is 0.255 e. The lowest BCUT2D eigenvalue weighted by atomic mass is 10.1.